The second kappa shape index (κ2) is 3.55. The van der Waals surface area contributed by atoms with Crippen molar-refractivity contribution in [1.82, 2.24) is 0 Å². The van der Waals surface area contributed by atoms with Gasteiger partial charge in [0.05, 0.1) is 0 Å². The van der Waals surface area contributed by atoms with E-state index < -0.39 is 0 Å². The van der Waals surface area contributed by atoms with E-state index in [-0.39, 0.29) is 12.0 Å². The van der Waals surface area contributed by atoms with Gasteiger partial charge in [-0.05, 0) is 18.8 Å². The van der Waals surface area contributed by atoms with Crippen molar-refractivity contribution in [2.45, 2.75) is 32.6 Å². The second-order valence-electron chi connectivity index (χ2n) is 4.04. The molecule has 11 heavy (non-hydrogen) atoms. The SMILES string of the molecule is CC1CCC(CN)(CO)CC1. The average Bonchev–Trinajstić information content (AvgIpc) is 2.07. The van der Waals surface area contributed by atoms with Gasteiger partial charge >= 0.3 is 0 Å². The zero-order valence-corrected chi connectivity index (χ0v) is 7.34. The van der Waals surface area contributed by atoms with Gasteiger partial charge in [-0.1, -0.05) is 19.8 Å². The molecular weight excluding hydrogens is 138 g/mol. The van der Waals surface area contributed by atoms with E-state index in [1.54, 1.807) is 0 Å². The lowest BCUT2D eigenvalue weighted by atomic mass is 9.71. The van der Waals surface area contributed by atoms with Gasteiger partial charge in [0.2, 0.25) is 0 Å². The summed E-state index contributed by atoms with van der Waals surface area (Å²) in [5, 5.41) is 9.15. The molecule has 3 N–H and O–H groups in total. The molecule has 0 spiro atoms. The Morgan fingerprint density at radius 2 is 2.00 bits per heavy atom. The average molecular weight is 157 g/mol. The molecule has 0 heterocycles. The number of aliphatic hydroxyl groups excluding tert-OH is 1. The Morgan fingerprint density at radius 1 is 1.45 bits per heavy atom. The zero-order valence-electron chi connectivity index (χ0n) is 7.34. The largest absolute Gasteiger partial charge is 0.396 e. The van der Waals surface area contributed by atoms with Gasteiger partial charge in [-0.3, -0.25) is 0 Å². The van der Waals surface area contributed by atoms with Crippen molar-refractivity contribution >= 4 is 0 Å². The maximum Gasteiger partial charge on any atom is 0.0499 e. The molecule has 0 radical (unpaired) electrons. The first kappa shape index (κ1) is 9.01. The molecule has 1 saturated carbocycles. The normalized spacial score (nSPS) is 39.0. The highest BCUT2D eigenvalue weighted by Crippen LogP contribution is 2.37. The summed E-state index contributed by atoms with van der Waals surface area (Å²) in [7, 11) is 0. The molecule has 1 fully saturated rings. The molecule has 0 aliphatic heterocycles. The van der Waals surface area contributed by atoms with Gasteiger partial charge in [-0.25, -0.2) is 0 Å². The van der Waals surface area contributed by atoms with E-state index >= 15 is 0 Å². The van der Waals surface area contributed by atoms with Crippen molar-refractivity contribution in [2.24, 2.45) is 17.1 Å². The maximum absolute atomic E-state index is 9.15. The van der Waals surface area contributed by atoms with Gasteiger partial charge in [-0.2, -0.15) is 0 Å². The summed E-state index contributed by atoms with van der Waals surface area (Å²) in [6.07, 6.45) is 4.69. The molecule has 2 nitrogen and oxygen atoms in total. The minimum atomic E-state index is 0.0759. The quantitative estimate of drug-likeness (QED) is 0.631. The monoisotopic (exact) mass is 157 g/mol. The molecule has 0 bridgehead atoms. The van der Waals surface area contributed by atoms with Crippen molar-refractivity contribution in [3.8, 4) is 0 Å². The molecule has 0 aromatic heterocycles. The van der Waals surface area contributed by atoms with Crippen LogP contribution in [0, 0.1) is 11.3 Å². The number of hydrogen-bond acceptors (Lipinski definition) is 2. The van der Waals surface area contributed by atoms with Gasteiger partial charge in [0.25, 0.3) is 0 Å². The third kappa shape index (κ3) is 1.94. The third-order valence-electron chi connectivity index (χ3n) is 3.10. The molecule has 0 atom stereocenters. The molecule has 1 aliphatic carbocycles. The molecule has 0 unspecified atom stereocenters. The van der Waals surface area contributed by atoms with Crippen LogP contribution in [0.3, 0.4) is 0 Å². The van der Waals surface area contributed by atoms with E-state index in [0.29, 0.717) is 6.54 Å². The molecule has 1 aliphatic rings. The van der Waals surface area contributed by atoms with Gasteiger partial charge in [-0.15, -0.1) is 0 Å². The van der Waals surface area contributed by atoms with E-state index in [4.69, 9.17) is 10.8 Å². The maximum atomic E-state index is 9.15. The Labute approximate surface area is 68.8 Å². The molecule has 0 amide bonds. The van der Waals surface area contributed by atoms with Gasteiger partial charge < -0.3 is 10.8 Å². The topological polar surface area (TPSA) is 46.2 Å². The first-order valence-corrected chi connectivity index (χ1v) is 4.53. The number of rotatable bonds is 2. The first-order chi connectivity index (χ1) is 5.22. The van der Waals surface area contributed by atoms with Gasteiger partial charge in [0.1, 0.15) is 0 Å². The Balaban J connectivity index is 2.45. The van der Waals surface area contributed by atoms with E-state index in [2.05, 4.69) is 6.92 Å². The standard InChI is InChI=1S/C9H19NO/c1-8-2-4-9(6-10,7-11)5-3-8/h8,11H,2-7,10H2,1H3. The van der Waals surface area contributed by atoms with Crippen molar-refractivity contribution in [1.29, 1.82) is 0 Å². The van der Waals surface area contributed by atoms with Crippen LogP contribution in [0.2, 0.25) is 0 Å². The smallest absolute Gasteiger partial charge is 0.0499 e. The first-order valence-electron chi connectivity index (χ1n) is 4.53. The summed E-state index contributed by atoms with van der Waals surface area (Å²) < 4.78 is 0. The lowest BCUT2D eigenvalue weighted by Gasteiger charge is -2.36. The fraction of sp³-hybridized carbons (Fsp3) is 1.00. The minimum Gasteiger partial charge on any atom is -0.396 e. The summed E-state index contributed by atoms with van der Waals surface area (Å²) in [4.78, 5) is 0. The fourth-order valence-electron chi connectivity index (χ4n) is 1.80. The van der Waals surface area contributed by atoms with Crippen LogP contribution in [0.1, 0.15) is 32.6 Å². The molecule has 66 valence electrons. The van der Waals surface area contributed by atoms with Gasteiger partial charge in [0.15, 0.2) is 0 Å². The number of nitrogens with two attached hydrogens (primary N) is 1. The second-order valence-corrected chi connectivity index (χ2v) is 4.04. The number of aliphatic hydroxyl groups is 1. The van der Waals surface area contributed by atoms with Crippen LogP contribution in [0.5, 0.6) is 0 Å². The summed E-state index contributed by atoms with van der Waals surface area (Å²) in [5.74, 6) is 0.834. The summed E-state index contributed by atoms with van der Waals surface area (Å²) in [6, 6.07) is 0. The molecule has 0 aromatic rings. The van der Waals surface area contributed by atoms with Gasteiger partial charge in [0, 0.05) is 18.6 Å². The van der Waals surface area contributed by atoms with E-state index in [1.807, 2.05) is 0 Å². The van der Waals surface area contributed by atoms with Crippen LogP contribution >= 0.6 is 0 Å². The zero-order chi connectivity index (χ0) is 8.32. The predicted octanol–water partition coefficient (Wildman–Crippen LogP) is 1.13. The van der Waals surface area contributed by atoms with Crippen molar-refractivity contribution in [3.05, 3.63) is 0 Å². The third-order valence-corrected chi connectivity index (χ3v) is 3.10. The molecule has 2 heteroatoms. The lowest BCUT2D eigenvalue weighted by Crippen LogP contribution is -2.37. The van der Waals surface area contributed by atoms with E-state index in [1.165, 1.54) is 12.8 Å². The van der Waals surface area contributed by atoms with Crippen LogP contribution < -0.4 is 5.73 Å². The highest BCUT2D eigenvalue weighted by atomic mass is 16.3. The van der Waals surface area contributed by atoms with Crippen LogP contribution in [0.4, 0.5) is 0 Å². The van der Waals surface area contributed by atoms with Crippen molar-refractivity contribution in [2.75, 3.05) is 13.2 Å². The fourth-order valence-corrected chi connectivity index (χ4v) is 1.80. The summed E-state index contributed by atoms with van der Waals surface area (Å²) in [6.45, 7) is 3.20. The van der Waals surface area contributed by atoms with Crippen LogP contribution in [-0.4, -0.2) is 18.3 Å². The highest BCUT2D eigenvalue weighted by molar-refractivity contribution is 4.84. The molecule has 0 saturated heterocycles. The highest BCUT2D eigenvalue weighted by Gasteiger charge is 2.31. The Morgan fingerprint density at radius 3 is 2.36 bits per heavy atom. The lowest BCUT2D eigenvalue weighted by molar-refractivity contribution is 0.0751. The Bertz CT molecular complexity index is 111. The molecular formula is C9H19NO. The number of hydrogen-bond donors (Lipinski definition) is 2. The van der Waals surface area contributed by atoms with Crippen molar-refractivity contribution < 1.29 is 5.11 Å². The van der Waals surface area contributed by atoms with Crippen LogP contribution in [-0.2, 0) is 0 Å². The molecule has 1 rings (SSSR count). The van der Waals surface area contributed by atoms with Crippen LogP contribution in [0.15, 0.2) is 0 Å². The van der Waals surface area contributed by atoms with E-state index in [9.17, 15) is 0 Å². The summed E-state index contributed by atoms with van der Waals surface area (Å²) >= 11 is 0. The molecule has 0 aromatic carbocycles. The Kier molecular flexibility index (Phi) is 2.90. The summed E-state index contributed by atoms with van der Waals surface area (Å²) in [5.41, 5.74) is 5.71. The minimum absolute atomic E-state index is 0.0759. The van der Waals surface area contributed by atoms with Crippen molar-refractivity contribution in [3.63, 3.8) is 0 Å². The Hall–Kier alpha value is -0.0800. The van der Waals surface area contributed by atoms with E-state index in [0.717, 1.165) is 18.8 Å². The predicted molar refractivity (Wildman–Crippen MR) is 46.2 cm³/mol. The van der Waals surface area contributed by atoms with Crippen LogP contribution in [0.25, 0.3) is 0 Å².